The van der Waals surface area contributed by atoms with Crippen molar-refractivity contribution in [3.05, 3.63) is 52.6 Å². The molecule has 1 fully saturated rings. The number of aromatic nitrogens is 5. The Bertz CT molecular complexity index is 1280. The third kappa shape index (κ3) is 3.02. The van der Waals surface area contributed by atoms with Crippen molar-refractivity contribution in [2.45, 2.75) is 25.3 Å². The van der Waals surface area contributed by atoms with E-state index in [1.54, 1.807) is 30.6 Å². The molecule has 4 aromatic rings. The summed E-state index contributed by atoms with van der Waals surface area (Å²) in [5.41, 5.74) is 1.60. The van der Waals surface area contributed by atoms with Crippen LogP contribution in [0.25, 0.3) is 22.7 Å². The number of nitrogens with one attached hydrogen (secondary N) is 2. The highest BCUT2D eigenvalue weighted by molar-refractivity contribution is 6.00. The molecule has 0 aliphatic carbocycles. The fraction of sp³-hybridized carbons (Fsp3) is 0.222. The Hall–Kier alpha value is -4.02. The molecule has 11 nitrogen and oxygen atoms in total. The second-order valence-corrected chi connectivity index (χ2v) is 6.63. The molecule has 0 radical (unpaired) electrons. The van der Waals surface area contributed by atoms with Gasteiger partial charge < -0.3 is 13.9 Å². The van der Waals surface area contributed by atoms with Gasteiger partial charge in [0.25, 0.3) is 0 Å². The van der Waals surface area contributed by atoms with Crippen LogP contribution in [0.5, 0.6) is 0 Å². The molecule has 2 N–H and O–H groups in total. The maximum absolute atomic E-state index is 12.3. The number of fused-ring (bicyclic) bond motifs is 1. The van der Waals surface area contributed by atoms with E-state index in [1.807, 2.05) is 0 Å². The molecule has 1 aromatic carbocycles. The second-order valence-electron chi connectivity index (χ2n) is 6.63. The van der Waals surface area contributed by atoms with Gasteiger partial charge >= 0.3 is 5.76 Å². The van der Waals surface area contributed by atoms with Crippen molar-refractivity contribution in [2.24, 2.45) is 0 Å². The Morgan fingerprint density at radius 3 is 2.93 bits per heavy atom. The molecule has 1 atom stereocenters. The van der Waals surface area contributed by atoms with Gasteiger partial charge in [0.1, 0.15) is 6.04 Å². The average molecular weight is 394 g/mol. The summed E-state index contributed by atoms with van der Waals surface area (Å²) in [7, 11) is 0. The fourth-order valence-electron chi connectivity index (χ4n) is 3.40. The lowest BCUT2D eigenvalue weighted by atomic mass is 10.1. The van der Waals surface area contributed by atoms with E-state index in [4.69, 9.17) is 8.94 Å². The van der Waals surface area contributed by atoms with Gasteiger partial charge in [-0.1, -0.05) is 11.2 Å². The minimum Gasteiger partial charge on any atom is -0.408 e. The lowest BCUT2D eigenvalue weighted by Gasteiger charge is -2.21. The smallest absolute Gasteiger partial charge is 0.408 e. The van der Waals surface area contributed by atoms with E-state index in [1.165, 1.54) is 4.57 Å². The van der Waals surface area contributed by atoms with Crippen LogP contribution >= 0.6 is 0 Å². The minimum atomic E-state index is -0.800. The van der Waals surface area contributed by atoms with Crippen LogP contribution < -0.4 is 11.1 Å². The molecule has 11 heteroatoms. The molecule has 1 saturated heterocycles. The second kappa shape index (κ2) is 6.55. The summed E-state index contributed by atoms with van der Waals surface area (Å²) in [5, 5.41) is 6.15. The van der Waals surface area contributed by atoms with Crippen molar-refractivity contribution in [3.63, 3.8) is 0 Å². The number of nitrogens with zero attached hydrogens (tertiary/aromatic N) is 4. The molecule has 1 aliphatic heterocycles. The molecule has 0 bridgehead atoms. The van der Waals surface area contributed by atoms with Crippen LogP contribution in [-0.4, -0.2) is 36.5 Å². The first-order chi connectivity index (χ1) is 14.1. The normalized spacial score (nSPS) is 17.0. The molecule has 29 heavy (non-hydrogen) atoms. The van der Waals surface area contributed by atoms with E-state index in [0.717, 1.165) is 5.56 Å². The predicted molar refractivity (Wildman–Crippen MR) is 96.6 cm³/mol. The third-order valence-corrected chi connectivity index (χ3v) is 4.73. The number of imidazole rings is 1. The highest BCUT2D eigenvalue weighted by Crippen LogP contribution is 2.24. The molecule has 146 valence electrons. The summed E-state index contributed by atoms with van der Waals surface area (Å²) in [5.74, 6) is -0.307. The summed E-state index contributed by atoms with van der Waals surface area (Å²) in [6, 6.07) is 4.36. The van der Waals surface area contributed by atoms with E-state index < -0.39 is 17.7 Å². The van der Waals surface area contributed by atoms with Gasteiger partial charge in [-0.15, -0.1) is 0 Å². The molecule has 0 saturated carbocycles. The molecule has 3 aromatic heterocycles. The number of carbonyl (C=O) groups is 2. The van der Waals surface area contributed by atoms with Crippen LogP contribution in [0.3, 0.4) is 0 Å². The number of carbonyl (C=O) groups excluding carboxylic acids is 2. The van der Waals surface area contributed by atoms with E-state index >= 15 is 0 Å². The topological polar surface area (TPSA) is 149 Å². The highest BCUT2D eigenvalue weighted by Gasteiger charge is 2.31. The zero-order valence-corrected chi connectivity index (χ0v) is 14.9. The molecule has 5 rings (SSSR count). The van der Waals surface area contributed by atoms with Crippen LogP contribution in [0.1, 0.15) is 30.3 Å². The Morgan fingerprint density at radius 1 is 1.24 bits per heavy atom. The van der Waals surface area contributed by atoms with Crippen molar-refractivity contribution in [1.82, 2.24) is 30.0 Å². The average Bonchev–Trinajstić information content (AvgIpc) is 3.42. The molecule has 0 spiro atoms. The van der Waals surface area contributed by atoms with Gasteiger partial charge in [-0.3, -0.25) is 19.5 Å². The maximum atomic E-state index is 12.3. The van der Waals surface area contributed by atoms with Gasteiger partial charge in [-0.2, -0.15) is 4.98 Å². The maximum Gasteiger partial charge on any atom is 0.420 e. The van der Waals surface area contributed by atoms with Crippen LogP contribution in [-0.2, 0) is 16.0 Å². The quantitative estimate of drug-likeness (QED) is 0.486. The largest absolute Gasteiger partial charge is 0.420 e. The lowest BCUT2D eigenvalue weighted by Crippen LogP contribution is -2.43. The highest BCUT2D eigenvalue weighted by atomic mass is 16.5. The molecule has 1 unspecified atom stereocenters. The van der Waals surface area contributed by atoms with Crippen molar-refractivity contribution in [3.8, 4) is 11.6 Å². The van der Waals surface area contributed by atoms with E-state index in [2.05, 4.69) is 25.4 Å². The first-order valence-electron chi connectivity index (χ1n) is 8.88. The number of oxazole rings is 1. The van der Waals surface area contributed by atoms with Crippen LogP contribution in [0.2, 0.25) is 0 Å². The van der Waals surface area contributed by atoms with Crippen molar-refractivity contribution in [1.29, 1.82) is 0 Å². The number of aromatic amines is 1. The first-order valence-corrected chi connectivity index (χ1v) is 8.88. The van der Waals surface area contributed by atoms with E-state index in [-0.39, 0.29) is 18.7 Å². The lowest BCUT2D eigenvalue weighted by molar-refractivity contribution is -0.135. The van der Waals surface area contributed by atoms with Crippen molar-refractivity contribution < 1.29 is 18.5 Å². The van der Waals surface area contributed by atoms with Gasteiger partial charge in [0.15, 0.2) is 11.4 Å². The van der Waals surface area contributed by atoms with Gasteiger partial charge in [0.2, 0.25) is 23.5 Å². The predicted octanol–water partition coefficient (Wildman–Crippen LogP) is 0.936. The zero-order valence-electron chi connectivity index (χ0n) is 14.9. The van der Waals surface area contributed by atoms with E-state index in [9.17, 15) is 14.4 Å². The number of rotatable bonds is 4. The zero-order chi connectivity index (χ0) is 20.0. The molecule has 2 amide bonds. The number of hydrogen-bond donors (Lipinski definition) is 2. The molecular formula is C18H14N6O5. The van der Waals surface area contributed by atoms with Gasteiger partial charge in [0.05, 0.1) is 11.9 Å². The first kappa shape index (κ1) is 17.1. The molecule has 1 aliphatic rings. The van der Waals surface area contributed by atoms with Gasteiger partial charge in [-0.05, 0) is 24.1 Å². The molecular weight excluding hydrogens is 380 g/mol. The standard InChI is InChI=1S/C18H14N6O5/c25-13-4-2-10(17(26)21-13)24-11-7-9(1-3-12(11)28-18(24)27)8-14-22-16(23-29-14)15-19-5-6-20-15/h1,3,5-7,10H,2,4,8H2,(H,19,20)(H,21,25,26). The number of benzene rings is 1. The number of amides is 2. The van der Waals surface area contributed by atoms with Crippen molar-refractivity contribution in [2.75, 3.05) is 0 Å². The van der Waals surface area contributed by atoms with Crippen LogP contribution in [0, 0.1) is 0 Å². The number of imide groups is 1. The summed E-state index contributed by atoms with van der Waals surface area (Å²) < 4.78 is 11.8. The fourth-order valence-corrected chi connectivity index (χ4v) is 3.40. The molecule has 4 heterocycles. The monoisotopic (exact) mass is 394 g/mol. The van der Waals surface area contributed by atoms with Crippen LogP contribution in [0.15, 0.2) is 44.3 Å². The third-order valence-electron chi connectivity index (χ3n) is 4.73. The van der Waals surface area contributed by atoms with Crippen LogP contribution in [0.4, 0.5) is 0 Å². The summed E-state index contributed by atoms with van der Waals surface area (Å²) in [6.07, 6.45) is 3.96. The Labute approximate surface area is 161 Å². The Balaban J connectivity index is 1.48. The number of piperidine rings is 1. The Kier molecular flexibility index (Phi) is 3.86. The van der Waals surface area contributed by atoms with Gasteiger partial charge in [0, 0.05) is 18.8 Å². The minimum absolute atomic E-state index is 0.159. The SMILES string of the molecule is O=C1CCC(n2c(=O)oc3ccc(Cc4nc(-c5ncc[nH]5)no4)cc32)C(=O)N1. The summed E-state index contributed by atoms with van der Waals surface area (Å²) >= 11 is 0. The Morgan fingerprint density at radius 2 is 2.14 bits per heavy atom. The summed E-state index contributed by atoms with van der Waals surface area (Å²) in [4.78, 5) is 47.2. The number of H-pyrrole nitrogens is 1. The van der Waals surface area contributed by atoms with E-state index in [0.29, 0.717) is 35.1 Å². The number of hydrogen-bond acceptors (Lipinski definition) is 8. The van der Waals surface area contributed by atoms with Crippen molar-refractivity contribution >= 4 is 22.9 Å². The summed E-state index contributed by atoms with van der Waals surface area (Å²) in [6.45, 7) is 0. The van der Waals surface area contributed by atoms with Gasteiger partial charge in [-0.25, -0.2) is 9.78 Å².